The molecule has 0 radical (unpaired) electrons. The van der Waals surface area contributed by atoms with E-state index in [4.69, 9.17) is 47.4 Å². The highest BCUT2D eigenvalue weighted by molar-refractivity contribution is 6.29. The smallest absolute Gasteiger partial charge is 0.417 e. The summed E-state index contributed by atoms with van der Waals surface area (Å²) in [6.07, 6.45) is -2.63. The molecule has 0 aromatic heterocycles. The van der Waals surface area contributed by atoms with E-state index in [1.165, 1.54) is 24.3 Å². The normalized spacial score (nSPS) is 13.8. The zero-order chi connectivity index (χ0) is 63.6. The van der Waals surface area contributed by atoms with Crippen molar-refractivity contribution in [2.24, 2.45) is 0 Å². The van der Waals surface area contributed by atoms with Gasteiger partial charge >= 0.3 is 35.9 Å². The van der Waals surface area contributed by atoms with Crippen LogP contribution in [0.2, 0.25) is 0 Å². The lowest BCUT2D eigenvalue weighted by Gasteiger charge is -2.32. The predicted octanol–water partition coefficient (Wildman–Crippen LogP) is 6.84. The summed E-state index contributed by atoms with van der Waals surface area (Å²) in [7, 11) is 0. The highest BCUT2D eigenvalue weighted by Gasteiger charge is 2.32. The summed E-state index contributed by atoms with van der Waals surface area (Å²) in [5.74, 6) is -3.22. The Morgan fingerprint density at radius 2 is 0.747 bits per heavy atom. The fraction of sp³-hybridized carbons (Fsp3) is 0.382. The molecule has 0 bridgehead atoms. The molecular weight excluding hydrogens is 1170 g/mol. The van der Waals surface area contributed by atoms with E-state index in [2.05, 4.69) is 21.3 Å². The van der Waals surface area contributed by atoms with E-state index in [9.17, 15) is 28.8 Å². The lowest BCUT2D eigenvalue weighted by molar-refractivity contribution is -0.176. The molecule has 4 amide bonds. The van der Waals surface area contributed by atoms with Gasteiger partial charge in [-0.25, -0.2) is 28.8 Å². The van der Waals surface area contributed by atoms with Crippen molar-refractivity contribution in [1.29, 1.82) is 0 Å². The fourth-order valence-electron chi connectivity index (χ4n) is 9.10. The molecule has 2 saturated heterocycles. The molecule has 0 saturated carbocycles. The molecule has 2 atom stereocenters. The minimum Gasteiger partial charge on any atom is -0.485 e. The van der Waals surface area contributed by atoms with E-state index in [-0.39, 0.29) is 92.8 Å². The molecular formula is C68H82N6O17. The molecule has 6 aromatic carbocycles. The molecule has 91 heavy (non-hydrogen) atoms. The molecule has 2 heterocycles. The van der Waals surface area contributed by atoms with Crippen LogP contribution in [-0.2, 0) is 64.4 Å². The maximum Gasteiger partial charge on any atom is 0.417 e. The SMILES string of the molecule is CC(C)(CNC(=O)N1CCOCC1)NCC(COC(=O)c1ccc(OCc2ccccc2)c(OCc2ccccc2)c1)OC(=O)C(=O)OC(CNC(C)(C)CNC(=O)N1CCOCC1)COC(=O)c1ccc(OCc2ccccc2)c(OCc2ccccc2)c1.O. The van der Waals surface area contributed by atoms with Gasteiger partial charge in [0.1, 0.15) is 51.8 Å². The Labute approximate surface area is 530 Å². The fourth-order valence-corrected chi connectivity index (χ4v) is 9.10. The Morgan fingerprint density at radius 3 is 1.07 bits per heavy atom. The second-order valence-corrected chi connectivity index (χ2v) is 22.7. The lowest BCUT2D eigenvalue weighted by Crippen LogP contribution is -2.55. The molecule has 2 aliphatic rings. The zero-order valence-electron chi connectivity index (χ0n) is 51.8. The van der Waals surface area contributed by atoms with Gasteiger partial charge in [0.2, 0.25) is 0 Å². The van der Waals surface area contributed by atoms with Gasteiger partial charge in [0.15, 0.2) is 23.0 Å². The Bertz CT molecular complexity index is 3040. The van der Waals surface area contributed by atoms with Gasteiger partial charge in [0.25, 0.3) is 0 Å². The first-order valence-corrected chi connectivity index (χ1v) is 30.0. The largest absolute Gasteiger partial charge is 0.485 e. The van der Waals surface area contributed by atoms with E-state index < -0.39 is 60.4 Å². The Balaban J connectivity index is 0.0000118. The van der Waals surface area contributed by atoms with Crippen LogP contribution in [-0.4, -0.2) is 167 Å². The summed E-state index contributed by atoms with van der Waals surface area (Å²) in [4.78, 5) is 85.5. The van der Waals surface area contributed by atoms with Crippen molar-refractivity contribution in [2.45, 2.75) is 77.4 Å². The zero-order valence-corrected chi connectivity index (χ0v) is 51.8. The number of esters is 4. The first-order valence-electron chi connectivity index (χ1n) is 30.0. The Kier molecular flexibility index (Phi) is 26.8. The van der Waals surface area contributed by atoms with Gasteiger partial charge in [-0.15, -0.1) is 0 Å². The van der Waals surface area contributed by atoms with Crippen LogP contribution in [0.1, 0.15) is 70.7 Å². The topological polar surface area (TPSA) is 281 Å². The number of amides is 4. The molecule has 23 nitrogen and oxygen atoms in total. The number of hydrogen-bond donors (Lipinski definition) is 4. The predicted molar refractivity (Wildman–Crippen MR) is 336 cm³/mol. The molecule has 8 rings (SSSR count). The maximum atomic E-state index is 14.0. The minimum atomic E-state index is -1.45. The van der Waals surface area contributed by atoms with Crippen LogP contribution in [0.25, 0.3) is 0 Å². The van der Waals surface area contributed by atoms with Gasteiger partial charge < -0.3 is 83.9 Å². The lowest BCUT2D eigenvalue weighted by atomic mass is 10.1. The summed E-state index contributed by atoms with van der Waals surface area (Å²) < 4.78 is 58.7. The second kappa shape index (κ2) is 35.2. The van der Waals surface area contributed by atoms with Crippen molar-refractivity contribution < 1.29 is 81.6 Å². The summed E-state index contributed by atoms with van der Waals surface area (Å²) >= 11 is 0. The molecule has 6 N–H and O–H groups in total. The number of rotatable bonds is 30. The Morgan fingerprint density at radius 1 is 0.440 bits per heavy atom. The van der Waals surface area contributed by atoms with Crippen molar-refractivity contribution in [3.63, 3.8) is 0 Å². The van der Waals surface area contributed by atoms with Crippen LogP contribution in [0.3, 0.4) is 0 Å². The monoisotopic (exact) mass is 1250 g/mol. The van der Waals surface area contributed by atoms with Crippen LogP contribution in [0, 0.1) is 0 Å². The van der Waals surface area contributed by atoms with Crippen molar-refractivity contribution in [1.82, 2.24) is 31.1 Å². The first kappa shape index (κ1) is 69.2. The molecule has 0 aliphatic carbocycles. The summed E-state index contributed by atoms with van der Waals surface area (Å²) in [6.45, 7) is 10.2. The quantitative estimate of drug-likeness (QED) is 0.0204. The average Bonchev–Trinajstić information content (AvgIpc) is 2.65. The summed E-state index contributed by atoms with van der Waals surface area (Å²) in [6, 6.07) is 46.7. The van der Waals surface area contributed by atoms with Gasteiger partial charge in [0.05, 0.1) is 37.6 Å². The number of nitrogens with one attached hydrogen (secondary N) is 4. The first-order chi connectivity index (χ1) is 43.5. The number of morpholine rings is 2. The third-order valence-electron chi connectivity index (χ3n) is 14.4. The highest BCUT2D eigenvalue weighted by atomic mass is 16.6. The molecule has 23 heteroatoms. The van der Waals surface area contributed by atoms with Crippen LogP contribution in [0.4, 0.5) is 9.59 Å². The molecule has 486 valence electrons. The van der Waals surface area contributed by atoms with Gasteiger partial charge in [-0.05, 0) is 86.3 Å². The number of ether oxygens (including phenoxy) is 10. The molecule has 6 aromatic rings. The molecule has 0 spiro atoms. The molecule has 2 fully saturated rings. The van der Waals surface area contributed by atoms with Gasteiger partial charge in [-0.1, -0.05) is 121 Å². The third kappa shape index (κ3) is 23.2. The van der Waals surface area contributed by atoms with Gasteiger partial charge in [-0.2, -0.15) is 0 Å². The molecule has 2 unspecified atom stereocenters. The second-order valence-electron chi connectivity index (χ2n) is 22.7. The van der Waals surface area contributed by atoms with E-state index >= 15 is 0 Å². The van der Waals surface area contributed by atoms with E-state index in [1.54, 1.807) is 21.9 Å². The number of carbonyl (C=O) groups is 6. The number of carbonyl (C=O) groups excluding carboxylic acids is 6. The van der Waals surface area contributed by atoms with E-state index in [0.717, 1.165) is 22.3 Å². The molecule has 2 aliphatic heterocycles. The van der Waals surface area contributed by atoms with Crippen LogP contribution in [0.5, 0.6) is 23.0 Å². The van der Waals surface area contributed by atoms with E-state index in [0.29, 0.717) is 64.1 Å². The van der Waals surface area contributed by atoms with Crippen LogP contribution >= 0.6 is 0 Å². The minimum absolute atomic E-state index is 0. The van der Waals surface area contributed by atoms with Gasteiger partial charge in [0, 0.05) is 63.4 Å². The van der Waals surface area contributed by atoms with Crippen molar-refractivity contribution in [3.05, 3.63) is 191 Å². The summed E-state index contributed by atoms with van der Waals surface area (Å²) in [5.41, 5.74) is 2.09. The Hall–Kier alpha value is -9.26. The number of benzene rings is 6. The van der Waals surface area contributed by atoms with Crippen LogP contribution in [0.15, 0.2) is 158 Å². The van der Waals surface area contributed by atoms with E-state index in [1.807, 2.05) is 149 Å². The van der Waals surface area contributed by atoms with Crippen molar-refractivity contribution in [2.75, 3.05) is 92.0 Å². The number of hydrogen-bond acceptors (Lipinski definition) is 18. The number of nitrogens with zero attached hydrogens (tertiary/aromatic N) is 2. The standard InChI is InChI=1S/C68H80N6O16.H2O/c1-67(2,47-69-65(79)73-29-33-81-34-30-73)71-39-55(45-87-61(75)53-25-27-57(83-41-49-17-9-5-10-18-49)59(37-53)85-43-51-21-13-7-14-22-51)89-63(77)64(78)90-56(40-72-68(3,4)48-70-66(80)74-31-35-82-36-32-74)46-88-62(76)54-26-28-58(84-42-50-19-11-6-12-20-50)60(38-54)86-44-52-23-15-8-16-24-52;/h5-28,37-38,55-56,71-72H,29-36,39-48H2,1-4H3,(H,69,79)(H,70,80);1H2. The highest BCUT2D eigenvalue weighted by Crippen LogP contribution is 2.32. The number of urea groups is 2. The maximum absolute atomic E-state index is 14.0. The summed E-state index contributed by atoms with van der Waals surface area (Å²) in [5, 5.41) is 12.4. The third-order valence-corrected chi connectivity index (χ3v) is 14.4. The van der Waals surface area contributed by atoms with Gasteiger partial charge in [-0.3, -0.25) is 0 Å². The van der Waals surface area contributed by atoms with Crippen molar-refractivity contribution >= 4 is 35.9 Å². The van der Waals surface area contributed by atoms with Crippen LogP contribution < -0.4 is 40.2 Å². The van der Waals surface area contributed by atoms with Crippen molar-refractivity contribution in [3.8, 4) is 23.0 Å². The average molecular weight is 1260 g/mol.